The lowest BCUT2D eigenvalue weighted by Crippen LogP contribution is -2.16. The van der Waals surface area contributed by atoms with Gasteiger partial charge in [0.2, 0.25) is 0 Å². The minimum Gasteiger partial charge on any atom is -0.478 e. The van der Waals surface area contributed by atoms with Crippen LogP contribution in [0.2, 0.25) is 10.0 Å². The van der Waals surface area contributed by atoms with Crippen LogP contribution in [-0.4, -0.2) is 44.7 Å². The second-order valence-corrected chi connectivity index (χ2v) is 9.30. The number of thiophene rings is 1. The molecule has 37 heavy (non-hydrogen) atoms. The fourth-order valence-corrected chi connectivity index (χ4v) is 4.81. The first-order chi connectivity index (χ1) is 17.3. The first-order valence-corrected chi connectivity index (χ1v) is 11.6. The van der Waals surface area contributed by atoms with Gasteiger partial charge < -0.3 is 15.2 Å². The number of aromatic carboxylic acids is 1. The molecule has 0 fully saturated rings. The Bertz CT molecular complexity index is 1600. The van der Waals surface area contributed by atoms with E-state index in [0.717, 1.165) is 19.2 Å². The number of fused-ring (bicyclic) bond motifs is 1. The summed E-state index contributed by atoms with van der Waals surface area (Å²) >= 11 is 12.5. The van der Waals surface area contributed by atoms with Crippen LogP contribution in [0.15, 0.2) is 30.3 Å². The Kier molecular flexibility index (Phi) is 6.88. The average Bonchev–Trinajstić information content (AvgIpc) is 3.40. The summed E-state index contributed by atoms with van der Waals surface area (Å²) in [7, 11) is 1.11. The van der Waals surface area contributed by atoms with Crippen LogP contribution in [0.3, 0.4) is 0 Å². The van der Waals surface area contributed by atoms with Crippen LogP contribution in [0.4, 0.5) is 18.2 Å². The fourth-order valence-electron chi connectivity index (χ4n) is 3.40. The predicted octanol–water partition coefficient (Wildman–Crippen LogP) is 5.83. The van der Waals surface area contributed by atoms with E-state index in [1.165, 1.54) is 25.1 Å². The largest absolute Gasteiger partial charge is 0.478 e. The summed E-state index contributed by atoms with van der Waals surface area (Å²) in [5, 5.41) is 15.7. The zero-order chi connectivity index (χ0) is 27.2. The summed E-state index contributed by atoms with van der Waals surface area (Å²) in [4.78, 5) is 40.7. The summed E-state index contributed by atoms with van der Waals surface area (Å²) in [6, 6.07) is 5.93. The molecule has 0 saturated carbocycles. The predicted molar refractivity (Wildman–Crippen MR) is 129 cm³/mol. The fraction of sp³-hybridized carbons (Fsp3) is 0.136. The van der Waals surface area contributed by atoms with E-state index >= 15 is 0 Å². The topological polar surface area (TPSA) is 123 Å². The first kappa shape index (κ1) is 26.4. The van der Waals surface area contributed by atoms with Crippen LogP contribution in [0.25, 0.3) is 16.9 Å². The maximum absolute atomic E-state index is 13.9. The molecule has 0 aliphatic carbocycles. The van der Waals surface area contributed by atoms with Gasteiger partial charge in [-0.2, -0.15) is 18.3 Å². The number of carbonyl (C=O) groups is 3. The standard InChI is InChI=1S/C22H13Cl2F3N4O5S/c1-8-16(20(33)34)19(37-17(8)21(35)36-2)29-18(32)13-7-15-28-12(9-3-4-10(23)11(24)5-9)6-14(22(25,26)27)31(15)30-13/h3-7H,1-2H3,(H,29,32)(H,33,34). The highest BCUT2D eigenvalue weighted by Gasteiger charge is 2.36. The van der Waals surface area contributed by atoms with E-state index in [9.17, 15) is 32.7 Å². The number of aromatic nitrogens is 3. The lowest BCUT2D eigenvalue weighted by atomic mass is 10.1. The number of nitrogens with zero attached hydrogens (tertiary/aromatic N) is 3. The number of carbonyl (C=O) groups excluding carboxylic acids is 2. The molecule has 0 saturated heterocycles. The second kappa shape index (κ2) is 9.65. The highest BCUT2D eigenvalue weighted by atomic mass is 35.5. The lowest BCUT2D eigenvalue weighted by molar-refractivity contribution is -0.142. The van der Waals surface area contributed by atoms with Crippen LogP contribution in [-0.2, 0) is 10.9 Å². The Morgan fingerprint density at radius 3 is 2.43 bits per heavy atom. The van der Waals surface area contributed by atoms with Crippen molar-refractivity contribution in [3.63, 3.8) is 0 Å². The highest BCUT2D eigenvalue weighted by molar-refractivity contribution is 7.18. The zero-order valence-corrected chi connectivity index (χ0v) is 20.9. The van der Waals surface area contributed by atoms with Gasteiger partial charge in [-0.3, -0.25) is 4.79 Å². The van der Waals surface area contributed by atoms with Crippen molar-refractivity contribution >= 4 is 63.0 Å². The van der Waals surface area contributed by atoms with Gasteiger partial charge in [-0.15, -0.1) is 11.3 Å². The molecule has 3 aromatic heterocycles. The third-order valence-electron chi connectivity index (χ3n) is 5.12. The van der Waals surface area contributed by atoms with E-state index in [1.807, 2.05) is 0 Å². The number of methoxy groups -OCH3 is 1. The molecule has 0 bridgehead atoms. The maximum atomic E-state index is 13.9. The number of alkyl halides is 3. The van der Waals surface area contributed by atoms with Gasteiger partial charge in [0.05, 0.1) is 28.4 Å². The van der Waals surface area contributed by atoms with Gasteiger partial charge in [-0.1, -0.05) is 29.3 Å². The molecule has 9 nitrogen and oxygen atoms in total. The van der Waals surface area contributed by atoms with Crippen LogP contribution in [0.1, 0.15) is 41.8 Å². The number of carboxylic acids is 1. The summed E-state index contributed by atoms with van der Waals surface area (Å²) in [6.07, 6.45) is -4.87. The van der Waals surface area contributed by atoms with E-state index in [-0.39, 0.29) is 48.0 Å². The van der Waals surface area contributed by atoms with Gasteiger partial charge >= 0.3 is 18.1 Å². The number of rotatable bonds is 5. The van der Waals surface area contributed by atoms with Crippen molar-refractivity contribution in [1.82, 2.24) is 14.6 Å². The van der Waals surface area contributed by atoms with Gasteiger partial charge in [-0.25, -0.2) is 19.1 Å². The molecule has 15 heteroatoms. The number of carboxylic acid groups (broad SMARTS) is 1. The van der Waals surface area contributed by atoms with Crippen molar-refractivity contribution in [2.45, 2.75) is 13.1 Å². The molecule has 0 aliphatic heterocycles. The van der Waals surface area contributed by atoms with Gasteiger partial charge in [0, 0.05) is 11.6 Å². The van der Waals surface area contributed by atoms with Crippen LogP contribution in [0.5, 0.6) is 0 Å². The van der Waals surface area contributed by atoms with Gasteiger partial charge in [0.1, 0.15) is 9.88 Å². The molecular weight excluding hydrogens is 560 g/mol. The quantitative estimate of drug-likeness (QED) is 0.288. The number of hydrogen-bond acceptors (Lipinski definition) is 7. The van der Waals surface area contributed by atoms with Crippen molar-refractivity contribution < 1.29 is 37.4 Å². The molecule has 4 rings (SSSR count). The third-order valence-corrected chi connectivity index (χ3v) is 7.05. The molecule has 2 N–H and O–H groups in total. The SMILES string of the molecule is COC(=O)c1sc(NC(=O)c2cc3nc(-c4ccc(Cl)c(Cl)c4)cc(C(F)(F)F)n3n2)c(C(=O)O)c1C. The Hall–Kier alpha value is -3.68. The lowest BCUT2D eigenvalue weighted by Gasteiger charge is -2.11. The Morgan fingerprint density at radius 1 is 1.14 bits per heavy atom. The normalized spacial score (nSPS) is 11.5. The maximum Gasteiger partial charge on any atom is 0.433 e. The smallest absolute Gasteiger partial charge is 0.433 e. The molecule has 3 heterocycles. The average molecular weight is 573 g/mol. The minimum absolute atomic E-state index is 0.0574. The van der Waals surface area contributed by atoms with Crippen LogP contribution >= 0.6 is 34.5 Å². The van der Waals surface area contributed by atoms with Crippen molar-refractivity contribution in [2.75, 3.05) is 12.4 Å². The van der Waals surface area contributed by atoms with Gasteiger partial charge in [-0.05, 0) is 30.7 Å². The number of ether oxygens (including phenoxy) is 1. The molecular formula is C22H13Cl2F3N4O5S. The number of nitrogens with one attached hydrogen (secondary N) is 1. The van der Waals surface area contributed by atoms with Crippen molar-refractivity contribution in [1.29, 1.82) is 0 Å². The monoisotopic (exact) mass is 572 g/mol. The van der Waals surface area contributed by atoms with E-state index in [2.05, 4.69) is 20.1 Å². The molecule has 1 aromatic carbocycles. The number of esters is 1. The summed E-state index contributed by atoms with van der Waals surface area (Å²) in [5.41, 5.74) is -2.17. The summed E-state index contributed by atoms with van der Waals surface area (Å²) in [5.74, 6) is -3.26. The number of amides is 1. The molecule has 0 unspecified atom stereocenters. The molecule has 192 valence electrons. The number of benzene rings is 1. The minimum atomic E-state index is -4.87. The molecule has 0 atom stereocenters. The van der Waals surface area contributed by atoms with Crippen molar-refractivity contribution in [3.05, 3.63) is 67.8 Å². The van der Waals surface area contributed by atoms with E-state index in [1.54, 1.807) is 0 Å². The first-order valence-electron chi connectivity index (χ1n) is 10.0. The van der Waals surface area contributed by atoms with Crippen molar-refractivity contribution in [3.8, 4) is 11.3 Å². The Labute approximate surface area is 219 Å². The Morgan fingerprint density at radius 2 is 1.84 bits per heavy atom. The van der Waals surface area contributed by atoms with Crippen LogP contribution in [0, 0.1) is 6.92 Å². The van der Waals surface area contributed by atoms with E-state index in [4.69, 9.17) is 23.2 Å². The van der Waals surface area contributed by atoms with Crippen molar-refractivity contribution in [2.24, 2.45) is 0 Å². The number of halogens is 5. The highest BCUT2D eigenvalue weighted by Crippen LogP contribution is 2.36. The van der Waals surface area contributed by atoms with Gasteiger partial charge in [0.15, 0.2) is 17.0 Å². The molecule has 0 radical (unpaired) electrons. The summed E-state index contributed by atoms with van der Waals surface area (Å²) in [6.45, 7) is 1.36. The molecule has 1 amide bonds. The van der Waals surface area contributed by atoms with Crippen LogP contribution < -0.4 is 5.32 Å². The Balaban J connectivity index is 1.79. The summed E-state index contributed by atoms with van der Waals surface area (Å²) < 4.78 is 46.7. The van der Waals surface area contributed by atoms with Gasteiger partial charge in [0.25, 0.3) is 5.91 Å². The zero-order valence-electron chi connectivity index (χ0n) is 18.6. The molecule has 0 spiro atoms. The third kappa shape index (κ3) is 4.97. The van der Waals surface area contributed by atoms with E-state index in [0.29, 0.717) is 15.9 Å². The molecule has 0 aliphatic rings. The second-order valence-electron chi connectivity index (χ2n) is 7.46. The molecule has 4 aromatic rings. The van der Waals surface area contributed by atoms with E-state index < -0.39 is 35.4 Å². The number of hydrogen-bond donors (Lipinski definition) is 2. The number of anilines is 1.